The minimum absolute atomic E-state index is 0.0138. The van der Waals surface area contributed by atoms with Crippen LogP contribution < -0.4 is 5.73 Å². The Bertz CT molecular complexity index is 533. The highest BCUT2D eigenvalue weighted by atomic mass is 16.4. The molecule has 2 rings (SSSR count). The minimum atomic E-state index is -0.876. The highest BCUT2D eigenvalue weighted by molar-refractivity contribution is 5.88. The second-order valence-corrected chi connectivity index (χ2v) is 6.12. The second kappa shape index (κ2) is 5.76. The van der Waals surface area contributed by atoms with Gasteiger partial charge in [-0.05, 0) is 44.4 Å². The topological polar surface area (TPSA) is 83.6 Å². The molecule has 0 unspecified atom stereocenters. The summed E-state index contributed by atoms with van der Waals surface area (Å²) in [5.41, 5.74) is 6.55. The number of rotatable bonds is 6. The number of nitrogens with two attached hydrogens (primary N) is 1. The summed E-state index contributed by atoms with van der Waals surface area (Å²) in [4.78, 5) is 25.3. The predicted octanol–water partition coefficient (Wildman–Crippen LogP) is 2.01. The van der Waals surface area contributed by atoms with E-state index in [0.717, 1.165) is 18.4 Å². The maximum absolute atomic E-state index is 12.8. The molecule has 1 aliphatic carbocycles. The van der Waals surface area contributed by atoms with Crippen molar-refractivity contribution < 1.29 is 14.7 Å². The van der Waals surface area contributed by atoms with Crippen LogP contribution in [-0.2, 0) is 15.0 Å². The number of hydrogen-bond donors (Lipinski definition) is 2. The number of carbonyl (C=O) groups is 2. The summed E-state index contributed by atoms with van der Waals surface area (Å²) < 4.78 is 0. The number of anilines is 1. The van der Waals surface area contributed by atoms with Gasteiger partial charge >= 0.3 is 5.97 Å². The molecule has 1 amide bonds. The van der Waals surface area contributed by atoms with Crippen molar-refractivity contribution in [3.63, 3.8) is 0 Å². The number of nitrogen functional groups attached to an aromatic ring is 1. The molecular weight excluding hydrogens is 268 g/mol. The zero-order valence-electron chi connectivity index (χ0n) is 12.5. The number of carboxylic acids is 1. The average Bonchev–Trinajstić information content (AvgIpc) is 3.23. The number of aliphatic carboxylic acids is 1. The highest BCUT2D eigenvalue weighted by Crippen LogP contribution is 2.33. The van der Waals surface area contributed by atoms with E-state index in [4.69, 9.17) is 10.8 Å². The van der Waals surface area contributed by atoms with Gasteiger partial charge in [0, 0.05) is 18.3 Å². The molecule has 0 radical (unpaired) electrons. The van der Waals surface area contributed by atoms with E-state index in [0.29, 0.717) is 5.69 Å². The summed E-state index contributed by atoms with van der Waals surface area (Å²) in [6, 6.07) is 7.47. The molecular formula is C16H22N2O3. The molecule has 0 aliphatic heterocycles. The number of carboxylic acid groups (broad SMARTS) is 1. The zero-order chi connectivity index (χ0) is 15.6. The second-order valence-electron chi connectivity index (χ2n) is 6.12. The van der Waals surface area contributed by atoms with Crippen LogP contribution in [-0.4, -0.2) is 34.5 Å². The molecule has 1 saturated carbocycles. The average molecular weight is 290 g/mol. The number of benzene rings is 1. The fourth-order valence-electron chi connectivity index (χ4n) is 2.43. The van der Waals surface area contributed by atoms with Crippen molar-refractivity contribution in [1.82, 2.24) is 4.90 Å². The maximum Gasteiger partial charge on any atom is 0.305 e. The predicted molar refractivity (Wildman–Crippen MR) is 80.9 cm³/mol. The molecule has 5 heteroatoms. The Morgan fingerprint density at radius 3 is 2.33 bits per heavy atom. The third-order valence-electron chi connectivity index (χ3n) is 3.98. The van der Waals surface area contributed by atoms with E-state index in [1.54, 1.807) is 17.0 Å². The van der Waals surface area contributed by atoms with Gasteiger partial charge in [-0.15, -0.1) is 0 Å². The van der Waals surface area contributed by atoms with E-state index in [1.807, 2.05) is 26.0 Å². The number of amides is 1. The molecule has 0 saturated heterocycles. The lowest BCUT2D eigenvalue weighted by Crippen LogP contribution is -2.45. The van der Waals surface area contributed by atoms with Crippen molar-refractivity contribution in [2.75, 3.05) is 12.3 Å². The molecule has 21 heavy (non-hydrogen) atoms. The van der Waals surface area contributed by atoms with Gasteiger partial charge in [0.05, 0.1) is 11.8 Å². The Kier molecular flexibility index (Phi) is 4.21. The smallest absolute Gasteiger partial charge is 0.305 e. The lowest BCUT2D eigenvalue weighted by Gasteiger charge is -2.32. The summed E-state index contributed by atoms with van der Waals surface area (Å²) in [7, 11) is 0. The third-order valence-corrected chi connectivity index (χ3v) is 3.98. The van der Waals surface area contributed by atoms with Crippen LogP contribution in [0.2, 0.25) is 0 Å². The molecule has 114 valence electrons. The Labute approximate surface area is 124 Å². The summed E-state index contributed by atoms with van der Waals surface area (Å²) in [6.07, 6.45) is 1.91. The van der Waals surface area contributed by atoms with Gasteiger partial charge in [0.1, 0.15) is 0 Å². The van der Waals surface area contributed by atoms with Crippen molar-refractivity contribution in [2.24, 2.45) is 0 Å². The highest BCUT2D eigenvalue weighted by Gasteiger charge is 2.40. The summed E-state index contributed by atoms with van der Waals surface area (Å²) in [5.74, 6) is -0.894. The van der Waals surface area contributed by atoms with Crippen LogP contribution >= 0.6 is 0 Å². The fourth-order valence-corrected chi connectivity index (χ4v) is 2.43. The quantitative estimate of drug-likeness (QED) is 0.785. The normalized spacial score (nSPS) is 14.8. The van der Waals surface area contributed by atoms with Gasteiger partial charge in [0.2, 0.25) is 5.91 Å². The third kappa shape index (κ3) is 3.54. The van der Waals surface area contributed by atoms with Gasteiger partial charge < -0.3 is 15.7 Å². The van der Waals surface area contributed by atoms with Gasteiger partial charge in [-0.25, -0.2) is 0 Å². The van der Waals surface area contributed by atoms with E-state index < -0.39 is 11.4 Å². The lowest BCUT2D eigenvalue weighted by atomic mass is 9.83. The first kappa shape index (κ1) is 15.4. The van der Waals surface area contributed by atoms with Crippen molar-refractivity contribution in [3.8, 4) is 0 Å². The van der Waals surface area contributed by atoms with Gasteiger partial charge in [0.15, 0.2) is 0 Å². The van der Waals surface area contributed by atoms with Crippen LogP contribution in [0.5, 0.6) is 0 Å². The summed E-state index contributed by atoms with van der Waals surface area (Å²) in [5, 5.41) is 8.84. The van der Waals surface area contributed by atoms with Crippen molar-refractivity contribution >= 4 is 17.6 Å². The molecule has 0 aromatic heterocycles. The van der Waals surface area contributed by atoms with E-state index >= 15 is 0 Å². The Morgan fingerprint density at radius 2 is 1.86 bits per heavy atom. The lowest BCUT2D eigenvalue weighted by molar-refractivity contribution is -0.140. The molecule has 5 nitrogen and oxygen atoms in total. The number of hydrogen-bond acceptors (Lipinski definition) is 3. The molecule has 3 N–H and O–H groups in total. The molecule has 0 spiro atoms. The van der Waals surface area contributed by atoms with Gasteiger partial charge in [-0.1, -0.05) is 12.1 Å². The van der Waals surface area contributed by atoms with Gasteiger partial charge in [-0.3, -0.25) is 9.59 Å². The van der Waals surface area contributed by atoms with E-state index in [-0.39, 0.29) is 24.9 Å². The molecule has 0 bridgehead atoms. The van der Waals surface area contributed by atoms with Crippen LogP contribution in [0.25, 0.3) is 0 Å². The maximum atomic E-state index is 12.8. The SMILES string of the molecule is CC(C)(C(=O)N(CCC(=O)O)C1CC1)c1ccc(N)cc1. The molecule has 1 aromatic rings. The van der Waals surface area contributed by atoms with Crippen LogP contribution in [0, 0.1) is 0 Å². The number of nitrogens with zero attached hydrogens (tertiary/aromatic N) is 1. The standard InChI is InChI=1S/C16H22N2O3/c1-16(2,11-3-5-12(17)6-4-11)15(21)18(13-7-8-13)10-9-14(19)20/h3-6,13H,7-10,17H2,1-2H3,(H,19,20). The van der Waals surface area contributed by atoms with E-state index in [9.17, 15) is 9.59 Å². The zero-order valence-corrected chi connectivity index (χ0v) is 12.5. The van der Waals surface area contributed by atoms with Crippen molar-refractivity contribution in [2.45, 2.75) is 44.6 Å². The van der Waals surface area contributed by atoms with Crippen LogP contribution in [0.1, 0.15) is 38.7 Å². The van der Waals surface area contributed by atoms with E-state index in [1.165, 1.54) is 0 Å². The molecule has 0 heterocycles. The fraction of sp³-hybridized carbons (Fsp3) is 0.500. The first-order valence-corrected chi connectivity index (χ1v) is 7.21. The minimum Gasteiger partial charge on any atom is -0.481 e. The first-order chi connectivity index (χ1) is 9.82. The molecule has 1 aromatic carbocycles. The Balaban J connectivity index is 2.17. The number of carbonyl (C=O) groups excluding carboxylic acids is 1. The summed E-state index contributed by atoms with van der Waals surface area (Å²) >= 11 is 0. The largest absolute Gasteiger partial charge is 0.481 e. The van der Waals surface area contributed by atoms with Crippen LogP contribution in [0.15, 0.2) is 24.3 Å². The Hall–Kier alpha value is -2.04. The van der Waals surface area contributed by atoms with Crippen LogP contribution in [0.3, 0.4) is 0 Å². The molecule has 1 fully saturated rings. The summed E-state index contributed by atoms with van der Waals surface area (Å²) in [6.45, 7) is 4.02. The first-order valence-electron chi connectivity index (χ1n) is 7.21. The van der Waals surface area contributed by atoms with Crippen molar-refractivity contribution in [1.29, 1.82) is 0 Å². The van der Waals surface area contributed by atoms with Gasteiger partial charge in [0.25, 0.3) is 0 Å². The van der Waals surface area contributed by atoms with Gasteiger partial charge in [-0.2, -0.15) is 0 Å². The molecule has 1 aliphatic rings. The Morgan fingerprint density at radius 1 is 1.29 bits per heavy atom. The monoisotopic (exact) mass is 290 g/mol. The van der Waals surface area contributed by atoms with Crippen molar-refractivity contribution in [3.05, 3.63) is 29.8 Å². The van der Waals surface area contributed by atoms with Crippen LogP contribution in [0.4, 0.5) is 5.69 Å². The molecule has 0 atom stereocenters. The van der Waals surface area contributed by atoms with E-state index in [2.05, 4.69) is 0 Å².